The lowest BCUT2D eigenvalue weighted by molar-refractivity contribution is 0.396. The number of nitrogens with zero attached hydrogens (tertiary/aromatic N) is 5. The molecule has 0 aliphatic heterocycles. The summed E-state index contributed by atoms with van der Waals surface area (Å²) >= 11 is 6.03. The predicted molar refractivity (Wildman–Crippen MR) is 82.1 cm³/mol. The Bertz CT molecular complexity index is 970. The van der Waals surface area contributed by atoms with E-state index in [-0.39, 0.29) is 16.6 Å². The van der Waals surface area contributed by atoms with Gasteiger partial charge in [-0.1, -0.05) is 11.6 Å². The van der Waals surface area contributed by atoms with E-state index in [4.69, 9.17) is 16.3 Å². The molecule has 0 atom stereocenters. The Balaban J connectivity index is 1.95. The van der Waals surface area contributed by atoms with E-state index in [1.54, 1.807) is 6.92 Å². The fourth-order valence-corrected chi connectivity index (χ4v) is 2.91. The zero-order chi connectivity index (χ0) is 16.6. The van der Waals surface area contributed by atoms with Gasteiger partial charge < -0.3 is 4.74 Å². The summed E-state index contributed by atoms with van der Waals surface area (Å²) in [5.41, 5.74) is 0.940. The summed E-state index contributed by atoms with van der Waals surface area (Å²) in [7, 11) is -2.45. The second kappa shape index (κ2) is 5.63. The van der Waals surface area contributed by atoms with Crippen LogP contribution in [0.3, 0.4) is 0 Å². The molecule has 0 saturated carbocycles. The van der Waals surface area contributed by atoms with Gasteiger partial charge in [0.1, 0.15) is 9.92 Å². The third-order valence-electron chi connectivity index (χ3n) is 2.94. The molecule has 0 unspecified atom stereocenters. The highest BCUT2D eigenvalue weighted by atomic mass is 35.5. The molecule has 9 nitrogen and oxygen atoms in total. The highest BCUT2D eigenvalue weighted by molar-refractivity contribution is 7.92. The van der Waals surface area contributed by atoms with Crippen molar-refractivity contribution in [2.45, 2.75) is 11.8 Å². The molecule has 3 rings (SSSR count). The van der Waals surface area contributed by atoms with Crippen molar-refractivity contribution in [1.29, 1.82) is 0 Å². The van der Waals surface area contributed by atoms with E-state index in [0.717, 1.165) is 0 Å². The summed E-state index contributed by atoms with van der Waals surface area (Å²) in [6.07, 6.45) is 5.06. The maximum atomic E-state index is 12.4. The number of hydrogen-bond donors (Lipinski definition) is 1. The van der Waals surface area contributed by atoms with E-state index in [1.165, 1.54) is 36.4 Å². The number of anilines is 1. The Morgan fingerprint density at radius 3 is 2.65 bits per heavy atom. The maximum absolute atomic E-state index is 12.4. The minimum Gasteiger partial charge on any atom is -0.480 e. The van der Waals surface area contributed by atoms with Crippen LogP contribution in [-0.2, 0) is 10.0 Å². The molecule has 1 N–H and O–H groups in total. The molecule has 0 fully saturated rings. The van der Waals surface area contributed by atoms with Crippen molar-refractivity contribution in [3.8, 4) is 5.88 Å². The van der Waals surface area contributed by atoms with Crippen LogP contribution in [-0.4, -0.2) is 40.1 Å². The molecule has 0 aromatic carbocycles. The SMILES string of the molecule is COc1cnc(NS(=O)(=O)c2cnc3c(Cl)c(C)nn3c2)cn1. The fraction of sp³-hybridized carbons (Fsp3) is 0.167. The maximum Gasteiger partial charge on any atom is 0.266 e. The first-order chi connectivity index (χ1) is 10.9. The Morgan fingerprint density at radius 2 is 2.00 bits per heavy atom. The Kier molecular flexibility index (Phi) is 3.78. The molecule has 11 heteroatoms. The molecule has 0 saturated heterocycles. The van der Waals surface area contributed by atoms with Gasteiger partial charge in [-0.25, -0.2) is 27.9 Å². The van der Waals surface area contributed by atoms with Crippen molar-refractivity contribution in [1.82, 2.24) is 24.6 Å². The van der Waals surface area contributed by atoms with Gasteiger partial charge in [0.05, 0.1) is 37.6 Å². The van der Waals surface area contributed by atoms with Crippen molar-refractivity contribution in [2.24, 2.45) is 0 Å². The van der Waals surface area contributed by atoms with E-state index in [0.29, 0.717) is 16.4 Å². The van der Waals surface area contributed by atoms with Crippen molar-refractivity contribution < 1.29 is 13.2 Å². The number of ether oxygens (including phenoxy) is 1. The first kappa shape index (κ1) is 15.4. The van der Waals surface area contributed by atoms with Crippen LogP contribution in [0.4, 0.5) is 5.82 Å². The van der Waals surface area contributed by atoms with Gasteiger partial charge in [0.25, 0.3) is 10.0 Å². The highest BCUT2D eigenvalue weighted by Gasteiger charge is 2.18. The first-order valence-electron chi connectivity index (χ1n) is 6.30. The number of halogens is 1. The van der Waals surface area contributed by atoms with Crippen LogP contribution in [0.15, 0.2) is 29.7 Å². The van der Waals surface area contributed by atoms with Crippen LogP contribution >= 0.6 is 11.6 Å². The zero-order valence-electron chi connectivity index (χ0n) is 12.1. The summed E-state index contributed by atoms with van der Waals surface area (Å²) in [6, 6.07) is 0. The summed E-state index contributed by atoms with van der Waals surface area (Å²) in [5, 5.41) is 4.48. The van der Waals surface area contributed by atoms with Gasteiger partial charge in [0.15, 0.2) is 11.5 Å². The van der Waals surface area contributed by atoms with E-state index in [9.17, 15) is 8.42 Å². The molecule has 0 aliphatic carbocycles. The molecule has 3 aromatic heterocycles. The quantitative estimate of drug-likeness (QED) is 0.751. The number of aryl methyl sites for hydroxylation is 1. The summed E-state index contributed by atoms with van der Waals surface area (Å²) in [6.45, 7) is 1.70. The molecule has 0 radical (unpaired) electrons. The lowest BCUT2D eigenvalue weighted by Gasteiger charge is -2.07. The normalized spacial score (nSPS) is 11.6. The standard InChI is InChI=1S/C12H11ClN6O3S/c1-7-11(13)12-16-3-8(6-19(12)17-7)23(20,21)18-9-4-15-10(22-2)5-14-9/h3-6H,1-2H3,(H,14,18). The third kappa shape index (κ3) is 2.90. The number of sulfonamides is 1. The topological polar surface area (TPSA) is 111 Å². The Hall–Kier alpha value is -2.46. The van der Waals surface area contributed by atoms with Crippen LogP contribution in [0.5, 0.6) is 5.88 Å². The van der Waals surface area contributed by atoms with Crippen molar-refractivity contribution in [2.75, 3.05) is 11.8 Å². The molecule has 120 valence electrons. The van der Waals surface area contributed by atoms with Gasteiger partial charge >= 0.3 is 0 Å². The smallest absolute Gasteiger partial charge is 0.266 e. The van der Waals surface area contributed by atoms with Crippen LogP contribution in [0.2, 0.25) is 5.02 Å². The van der Waals surface area contributed by atoms with Crippen LogP contribution in [0.25, 0.3) is 5.65 Å². The zero-order valence-corrected chi connectivity index (χ0v) is 13.6. The minimum atomic E-state index is -3.89. The Morgan fingerprint density at radius 1 is 1.22 bits per heavy atom. The summed E-state index contributed by atoms with van der Waals surface area (Å²) < 4.78 is 33.2. The van der Waals surface area contributed by atoms with E-state index >= 15 is 0 Å². The van der Waals surface area contributed by atoms with Crippen molar-refractivity contribution in [3.63, 3.8) is 0 Å². The van der Waals surface area contributed by atoms with Crippen molar-refractivity contribution >= 4 is 33.1 Å². The average Bonchev–Trinajstić information content (AvgIpc) is 2.82. The molecule has 0 aliphatic rings. The van der Waals surface area contributed by atoms with Crippen LogP contribution in [0, 0.1) is 6.92 Å². The minimum absolute atomic E-state index is 0.0561. The number of methoxy groups -OCH3 is 1. The van der Waals surface area contributed by atoms with Gasteiger partial charge in [0, 0.05) is 0 Å². The summed E-state index contributed by atoms with van der Waals surface area (Å²) in [5.74, 6) is 0.332. The van der Waals surface area contributed by atoms with Gasteiger partial charge in [0.2, 0.25) is 5.88 Å². The number of rotatable bonds is 4. The Labute approximate surface area is 136 Å². The molecule has 0 bridgehead atoms. The monoisotopic (exact) mass is 354 g/mol. The third-order valence-corrected chi connectivity index (χ3v) is 4.69. The first-order valence-corrected chi connectivity index (χ1v) is 8.16. The molecule has 3 aromatic rings. The average molecular weight is 355 g/mol. The predicted octanol–water partition coefficient (Wildman–Crippen LogP) is 1.29. The lowest BCUT2D eigenvalue weighted by atomic mass is 10.5. The molecule has 0 spiro atoms. The number of aromatic nitrogens is 5. The second-order valence-corrected chi connectivity index (χ2v) is 6.57. The van der Waals surface area contributed by atoms with Crippen molar-refractivity contribution in [3.05, 3.63) is 35.5 Å². The molecule has 0 amide bonds. The number of hydrogen-bond acceptors (Lipinski definition) is 7. The molecular weight excluding hydrogens is 344 g/mol. The molecular formula is C12H11ClN6O3S. The molecule has 3 heterocycles. The van der Waals surface area contributed by atoms with E-state index in [2.05, 4.69) is 24.8 Å². The second-order valence-electron chi connectivity index (χ2n) is 4.51. The fourth-order valence-electron chi connectivity index (χ4n) is 1.81. The number of nitrogens with one attached hydrogen (secondary N) is 1. The van der Waals surface area contributed by atoms with Gasteiger partial charge in [-0.3, -0.25) is 4.72 Å². The van der Waals surface area contributed by atoms with E-state index in [1.807, 2.05) is 0 Å². The van der Waals surface area contributed by atoms with Gasteiger partial charge in [-0.15, -0.1) is 0 Å². The summed E-state index contributed by atoms with van der Waals surface area (Å²) in [4.78, 5) is 11.7. The van der Waals surface area contributed by atoms with Crippen LogP contribution in [0.1, 0.15) is 5.69 Å². The van der Waals surface area contributed by atoms with Crippen LogP contribution < -0.4 is 9.46 Å². The van der Waals surface area contributed by atoms with Gasteiger partial charge in [-0.05, 0) is 6.92 Å². The number of fused-ring (bicyclic) bond motifs is 1. The van der Waals surface area contributed by atoms with E-state index < -0.39 is 10.0 Å². The largest absolute Gasteiger partial charge is 0.480 e. The highest BCUT2D eigenvalue weighted by Crippen LogP contribution is 2.21. The molecule has 23 heavy (non-hydrogen) atoms. The van der Waals surface area contributed by atoms with Gasteiger partial charge in [-0.2, -0.15) is 5.10 Å². The lowest BCUT2D eigenvalue weighted by Crippen LogP contribution is -2.15.